The number of carboxylic acids is 1. The number of aromatic nitrogens is 1. The maximum Gasteiger partial charge on any atom is 0.309 e. The summed E-state index contributed by atoms with van der Waals surface area (Å²) >= 11 is 0. The van der Waals surface area contributed by atoms with Crippen LogP contribution in [0.25, 0.3) is 0 Å². The molecule has 4 aliphatic carbocycles. The Bertz CT molecular complexity index is 657. The van der Waals surface area contributed by atoms with E-state index in [9.17, 15) is 14.7 Å². The molecule has 25 heavy (non-hydrogen) atoms. The van der Waals surface area contributed by atoms with Gasteiger partial charge in [0.25, 0.3) is 0 Å². The topological polar surface area (TPSA) is 79.3 Å². The lowest BCUT2D eigenvalue weighted by Gasteiger charge is -2.51. The Hall–Kier alpha value is -1.91. The van der Waals surface area contributed by atoms with Crippen molar-refractivity contribution in [3.05, 3.63) is 30.1 Å². The van der Waals surface area contributed by atoms with E-state index < -0.39 is 11.4 Å². The van der Waals surface area contributed by atoms with Crippen molar-refractivity contribution in [2.75, 3.05) is 6.54 Å². The number of amides is 1. The van der Waals surface area contributed by atoms with Gasteiger partial charge in [-0.3, -0.25) is 14.6 Å². The van der Waals surface area contributed by atoms with Crippen molar-refractivity contribution >= 4 is 11.9 Å². The van der Waals surface area contributed by atoms with Gasteiger partial charge in [0.2, 0.25) is 5.91 Å². The fraction of sp³-hybridized carbons (Fsp3) is 0.650. The van der Waals surface area contributed by atoms with E-state index in [0.29, 0.717) is 45.1 Å². The molecular weight excluding hydrogens is 316 g/mol. The Balaban J connectivity index is 1.42. The Morgan fingerprint density at radius 2 is 1.52 bits per heavy atom. The third-order valence-corrected chi connectivity index (χ3v) is 7.37. The van der Waals surface area contributed by atoms with Crippen LogP contribution >= 0.6 is 0 Å². The normalized spacial score (nSPS) is 32.6. The summed E-state index contributed by atoms with van der Waals surface area (Å²) in [5, 5.41) is 12.8. The first kappa shape index (κ1) is 16.6. The second-order valence-electron chi connectivity index (χ2n) is 8.42. The molecule has 1 aromatic rings. The highest BCUT2D eigenvalue weighted by Crippen LogP contribution is 2.57. The number of carbonyl (C=O) groups excluding carboxylic acids is 1. The molecule has 5 nitrogen and oxygen atoms in total. The van der Waals surface area contributed by atoms with E-state index in [1.54, 1.807) is 0 Å². The van der Waals surface area contributed by atoms with E-state index in [1.165, 1.54) is 12.0 Å². The molecule has 5 rings (SSSR count). The van der Waals surface area contributed by atoms with E-state index in [2.05, 4.69) is 22.4 Å². The third kappa shape index (κ3) is 2.55. The highest BCUT2D eigenvalue weighted by atomic mass is 16.4. The van der Waals surface area contributed by atoms with Gasteiger partial charge in [-0.05, 0) is 69.1 Å². The molecule has 0 aromatic carbocycles. The molecule has 0 radical (unpaired) electrons. The van der Waals surface area contributed by atoms with Gasteiger partial charge in [-0.1, -0.05) is 6.42 Å². The van der Waals surface area contributed by atoms with Gasteiger partial charge in [-0.25, -0.2) is 0 Å². The number of hydrogen-bond acceptors (Lipinski definition) is 3. The summed E-state index contributed by atoms with van der Waals surface area (Å²) < 4.78 is 0. The quantitative estimate of drug-likeness (QED) is 0.862. The number of hydrogen-bond donors (Lipinski definition) is 2. The molecule has 4 saturated carbocycles. The molecular formula is C20H26N2O3. The molecule has 2 N–H and O–H groups in total. The minimum Gasteiger partial charge on any atom is -0.481 e. The van der Waals surface area contributed by atoms with Crippen LogP contribution in [0, 0.1) is 10.8 Å². The van der Waals surface area contributed by atoms with Crippen molar-refractivity contribution in [1.29, 1.82) is 0 Å². The molecule has 1 aromatic heterocycles. The summed E-state index contributed by atoms with van der Waals surface area (Å²) in [5.41, 5.74) is 0.432. The summed E-state index contributed by atoms with van der Waals surface area (Å²) in [4.78, 5) is 28.7. The van der Waals surface area contributed by atoms with E-state index >= 15 is 0 Å². The minimum atomic E-state index is -0.674. The van der Waals surface area contributed by atoms with Crippen LogP contribution in [0.5, 0.6) is 0 Å². The lowest BCUT2D eigenvalue weighted by molar-refractivity contribution is -0.163. The lowest BCUT2D eigenvalue weighted by Crippen LogP contribution is -2.55. The molecule has 4 aliphatic rings. The smallest absolute Gasteiger partial charge is 0.309 e. The number of carboxylic acid groups (broad SMARTS) is 1. The number of rotatable bonds is 5. The summed E-state index contributed by atoms with van der Waals surface area (Å²) in [6, 6.07) is 4.12. The van der Waals surface area contributed by atoms with Gasteiger partial charge in [-0.15, -0.1) is 0 Å². The molecule has 2 bridgehead atoms. The predicted octanol–water partition coefficient (Wildman–Crippen LogP) is 3.04. The molecule has 4 fully saturated rings. The SMILES string of the molecule is O=C(O)C12CCC(C(=O)NCC3(c4ccncc4)CCC3)(CC1)CC2. The maximum absolute atomic E-state index is 13.0. The Labute approximate surface area is 148 Å². The summed E-state index contributed by atoms with van der Waals surface area (Å²) in [6.07, 6.45) is 11.1. The minimum absolute atomic E-state index is 0.0589. The van der Waals surface area contributed by atoms with Gasteiger partial charge in [0.1, 0.15) is 0 Å². The Morgan fingerprint density at radius 1 is 0.960 bits per heavy atom. The Morgan fingerprint density at radius 3 is 2.00 bits per heavy atom. The number of pyridine rings is 1. The zero-order chi connectivity index (χ0) is 17.5. The van der Waals surface area contributed by atoms with E-state index in [4.69, 9.17) is 0 Å². The highest BCUT2D eigenvalue weighted by Gasteiger charge is 2.55. The van der Waals surface area contributed by atoms with Gasteiger partial charge >= 0.3 is 5.97 Å². The van der Waals surface area contributed by atoms with Crippen molar-refractivity contribution in [3.63, 3.8) is 0 Å². The summed E-state index contributed by atoms with van der Waals surface area (Å²) in [7, 11) is 0. The van der Waals surface area contributed by atoms with Crippen molar-refractivity contribution in [3.8, 4) is 0 Å². The molecule has 1 heterocycles. The van der Waals surface area contributed by atoms with Crippen LogP contribution in [0.15, 0.2) is 24.5 Å². The second-order valence-corrected chi connectivity index (χ2v) is 8.42. The molecule has 1 amide bonds. The fourth-order valence-electron chi connectivity index (χ4n) is 5.16. The largest absolute Gasteiger partial charge is 0.481 e. The van der Waals surface area contributed by atoms with Crippen molar-refractivity contribution < 1.29 is 14.7 Å². The first-order chi connectivity index (χ1) is 12.0. The first-order valence-electron chi connectivity index (χ1n) is 9.43. The predicted molar refractivity (Wildman–Crippen MR) is 93.0 cm³/mol. The van der Waals surface area contributed by atoms with Crippen LogP contribution in [0.4, 0.5) is 0 Å². The molecule has 0 spiro atoms. The molecule has 0 unspecified atom stereocenters. The van der Waals surface area contributed by atoms with Gasteiger partial charge in [0.15, 0.2) is 0 Å². The molecule has 134 valence electrons. The third-order valence-electron chi connectivity index (χ3n) is 7.37. The molecule has 0 atom stereocenters. The maximum atomic E-state index is 13.0. The van der Waals surface area contributed by atoms with Gasteiger partial charge < -0.3 is 10.4 Å². The van der Waals surface area contributed by atoms with Crippen LogP contribution in [-0.2, 0) is 15.0 Å². The molecule has 0 aliphatic heterocycles. The van der Waals surface area contributed by atoms with Crippen LogP contribution < -0.4 is 5.32 Å². The average Bonchev–Trinajstić information content (AvgIpc) is 2.63. The van der Waals surface area contributed by atoms with Crippen molar-refractivity contribution in [2.45, 2.75) is 63.2 Å². The number of aliphatic carboxylic acids is 1. The van der Waals surface area contributed by atoms with Gasteiger partial charge in [0.05, 0.1) is 5.41 Å². The second kappa shape index (κ2) is 5.82. The summed E-state index contributed by atoms with van der Waals surface area (Å²) in [6.45, 7) is 0.682. The molecule has 0 saturated heterocycles. The first-order valence-corrected chi connectivity index (χ1v) is 9.43. The van der Waals surface area contributed by atoms with Crippen LogP contribution in [0.1, 0.15) is 63.4 Å². The van der Waals surface area contributed by atoms with E-state index in [0.717, 1.165) is 12.8 Å². The zero-order valence-corrected chi connectivity index (χ0v) is 14.6. The number of fused-ring (bicyclic) bond motifs is 3. The Kier molecular flexibility index (Phi) is 3.85. The van der Waals surface area contributed by atoms with Crippen LogP contribution in [0.3, 0.4) is 0 Å². The van der Waals surface area contributed by atoms with Gasteiger partial charge in [-0.2, -0.15) is 0 Å². The zero-order valence-electron chi connectivity index (χ0n) is 14.6. The van der Waals surface area contributed by atoms with Gasteiger partial charge in [0, 0.05) is 29.8 Å². The highest BCUT2D eigenvalue weighted by molar-refractivity contribution is 5.84. The standard InChI is InChI=1S/C20H26N2O3/c23-16(18-6-9-19(10-7-18,11-8-18)17(24)25)22-14-20(4-1-5-20)15-2-12-21-13-3-15/h2-3,12-13H,1,4-11,14H2,(H,22,23)(H,24,25). The fourth-order valence-corrected chi connectivity index (χ4v) is 5.16. The van der Waals surface area contributed by atoms with Crippen molar-refractivity contribution in [1.82, 2.24) is 10.3 Å². The monoisotopic (exact) mass is 342 g/mol. The lowest BCUT2D eigenvalue weighted by atomic mass is 9.53. The van der Waals surface area contributed by atoms with Crippen LogP contribution in [-0.4, -0.2) is 28.5 Å². The summed E-state index contributed by atoms with van der Waals surface area (Å²) in [5.74, 6) is -0.529. The average molecular weight is 342 g/mol. The number of nitrogens with zero attached hydrogens (tertiary/aromatic N) is 1. The number of carbonyl (C=O) groups is 2. The van der Waals surface area contributed by atoms with E-state index in [1.807, 2.05) is 12.4 Å². The van der Waals surface area contributed by atoms with Crippen molar-refractivity contribution in [2.24, 2.45) is 10.8 Å². The number of nitrogens with one attached hydrogen (secondary N) is 1. The van der Waals surface area contributed by atoms with Crippen LogP contribution in [0.2, 0.25) is 0 Å². The van der Waals surface area contributed by atoms with E-state index in [-0.39, 0.29) is 16.7 Å². The molecule has 5 heteroatoms.